The van der Waals surface area contributed by atoms with E-state index in [2.05, 4.69) is 20.6 Å². The zero-order valence-corrected chi connectivity index (χ0v) is 9.98. The van der Waals surface area contributed by atoms with Gasteiger partial charge in [-0.25, -0.2) is 0 Å². The van der Waals surface area contributed by atoms with E-state index in [1.807, 2.05) is 11.4 Å². The lowest BCUT2D eigenvalue weighted by atomic mass is 10.0. The third-order valence-electron chi connectivity index (χ3n) is 2.54. The molecule has 1 aromatic carbocycles. The standard InChI is InChI=1S/C11H9N5OS/c12-9-2-1-6(17)5-8(9)7-3-4-18-10(7)11-13-15-16-14-11/h1-5,17H,12H2,(H,13,14,15,16). The van der Waals surface area contributed by atoms with Crippen LogP contribution in [-0.4, -0.2) is 25.7 Å². The predicted molar refractivity (Wildman–Crippen MR) is 69.0 cm³/mol. The lowest BCUT2D eigenvalue weighted by Gasteiger charge is -2.05. The van der Waals surface area contributed by atoms with E-state index in [-0.39, 0.29) is 5.75 Å². The average Bonchev–Trinajstić information content (AvgIpc) is 3.00. The summed E-state index contributed by atoms with van der Waals surface area (Å²) < 4.78 is 0. The molecule has 0 radical (unpaired) electrons. The summed E-state index contributed by atoms with van der Waals surface area (Å²) in [6.45, 7) is 0. The van der Waals surface area contributed by atoms with Gasteiger partial charge in [-0.15, -0.1) is 21.5 Å². The van der Waals surface area contributed by atoms with Crippen molar-refractivity contribution in [2.75, 3.05) is 5.73 Å². The van der Waals surface area contributed by atoms with Crippen molar-refractivity contribution in [2.45, 2.75) is 0 Å². The molecule has 0 aliphatic heterocycles. The van der Waals surface area contributed by atoms with Gasteiger partial charge in [0.25, 0.3) is 0 Å². The Labute approximate surface area is 106 Å². The van der Waals surface area contributed by atoms with Gasteiger partial charge in [0.2, 0.25) is 5.82 Å². The van der Waals surface area contributed by atoms with Crippen LogP contribution in [0.25, 0.3) is 21.8 Å². The second-order valence-electron chi connectivity index (χ2n) is 3.67. The van der Waals surface area contributed by atoms with E-state index in [4.69, 9.17) is 5.73 Å². The van der Waals surface area contributed by atoms with Crippen molar-refractivity contribution in [3.63, 3.8) is 0 Å². The molecule has 7 heteroatoms. The van der Waals surface area contributed by atoms with Gasteiger partial charge in [-0.05, 0) is 34.9 Å². The number of nitrogen functional groups attached to an aromatic ring is 1. The van der Waals surface area contributed by atoms with Gasteiger partial charge in [0.1, 0.15) is 5.75 Å². The number of aromatic nitrogens is 4. The smallest absolute Gasteiger partial charge is 0.215 e. The average molecular weight is 259 g/mol. The van der Waals surface area contributed by atoms with E-state index in [1.165, 1.54) is 11.3 Å². The van der Waals surface area contributed by atoms with E-state index in [0.717, 1.165) is 16.0 Å². The molecule has 0 spiro atoms. The summed E-state index contributed by atoms with van der Waals surface area (Å²) in [5.41, 5.74) is 8.17. The number of hydrogen-bond acceptors (Lipinski definition) is 6. The number of rotatable bonds is 2. The second kappa shape index (κ2) is 4.11. The van der Waals surface area contributed by atoms with Gasteiger partial charge in [0, 0.05) is 16.8 Å². The molecular formula is C11H9N5OS. The molecular weight excluding hydrogens is 250 g/mol. The molecule has 0 fully saturated rings. The van der Waals surface area contributed by atoms with Crippen LogP contribution in [0.2, 0.25) is 0 Å². The molecule has 0 atom stereocenters. The monoisotopic (exact) mass is 259 g/mol. The third kappa shape index (κ3) is 1.70. The van der Waals surface area contributed by atoms with Crippen LogP contribution in [0.3, 0.4) is 0 Å². The molecule has 3 rings (SSSR count). The third-order valence-corrected chi connectivity index (χ3v) is 3.45. The summed E-state index contributed by atoms with van der Waals surface area (Å²) >= 11 is 1.49. The zero-order valence-electron chi connectivity index (χ0n) is 9.16. The number of nitrogens with one attached hydrogen (secondary N) is 1. The van der Waals surface area contributed by atoms with E-state index in [0.29, 0.717) is 11.5 Å². The first-order chi connectivity index (χ1) is 8.75. The molecule has 0 unspecified atom stereocenters. The fourth-order valence-corrected chi connectivity index (χ4v) is 2.57. The molecule has 0 amide bonds. The van der Waals surface area contributed by atoms with Crippen LogP contribution in [0.5, 0.6) is 5.75 Å². The van der Waals surface area contributed by atoms with Crippen molar-refractivity contribution in [2.24, 2.45) is 0 Å². The molecule has 90 valence electrons. The summed E-state index contributed by atoms with van der Waals surface area (Å²) in [7, 11) is 0. The lowest BCUT2D eigenvalue weighted by molar-refractivity contribution is 0.475. The van der Waals surface area contributed by atoms with Crippen LogP contribution < -0.4 is 5.73 Å². The van der Waals surface area contributed by atoms with Crippen molar-refractivity contribution in [3.05, 3.63) is 29.6 Å². The molecule has 18 heavy (non-hydrogen) atoms. The normalized spacial score (nSPS) is 10.7. The predicted octanol–water partition coefficient (Wildman–Crippen LogP) is 1.88. The van der Waals surface area contributed by atoms with E-state index < -0.39 is 0 Å². The largest absolute Gasteiger partial charge is 0.508 e. The van der Waals surface area contributed by atoms with Gasteiger partial charge in [-0.1, -0.05) is 0 Å². The molecule has 2 heterocycles. The van der Waals surface area contributed by atoms with E-state index in [1.54, 1.807) is 18.2 Å². The number of thiophene rings is 1. The highest BCUT2D eigenvalue weighted by molar-refractivity contribution is 7.14. The van der Waals surface area contributed by atoms with Gasteiger partial charge in [0.15, 0.2) is 0 Å². The summed E-state index contributed by atoms with van der Waals surface area (Å²) in [5.74, 6) is 0.687. The Morgan fingerprint density at radius 2 is 2.11 bits per heavy atom. The summed E-state index contributed by atoms with van der Waals surface area (Å²) in [4.78, 5) is 0.862. The van der Waals surface area contributed by atoms with Crippen molar-refractivity contribution in [1.82, 2.24) is 20.6 Å². The molecule has 0 saturated heterocycles. The quantitative estimate of drug-likeness (QED) is 0.482. The summed E-state index contributed by atoms with van der Waals surface area (Å²) in [6, 6.07) is 6.77. The first-order valence-electron chi connectivity index (χ1n) is 5.16. The maximum Gasteiger partial charge on any atom is 0.215 e. The van der Waals surface area contributed by atoms with Gasteiger partial charge in [-0.3, -0.25) is 0 Å². The summed E-state index contributed by atoms with van der Waals surface area (Å²) in [5, 5.41) is 25.4. The van der Waals surface area contributed by atoms with Crippen molar-refractivity contribution >= 4 is 17.0 Å². The highest BCUT2D eigenvalue weighted by Crippen LogP contribution is 2.38. The SMILES string of the molecule is Nc1ccc(O)cc1-c1ccsc1-c1nn[nH]n1. The first-order valence-corrected chi connectivity index (χ1v) is 6.04. The molecule has 6 nitrogen and oxygen atoms in total. The number of phenolic OH excluding ortho intramolecular Hbond substituents is 1. The lowest BCUT2D eigenvalue weighted by Crippen LogP contribution is -1.90. The molecule has 0 bridgehead atoms. The molecule has 0 aliphatic carbocycles. The first kappa shape index (κ1) is 10.7. The maximum absolute atomic E-state index is 9.56. The topological polar surface area (TPSA) is 101 Å². The molecule has 3 aromatic rings. The number of nitrogens with zero attached hydrogens (tertiary/aromatic N) is 3. The van der Waals surface area contributed by atoms with Crippen molar-refractivity contribution < 1.29 is 5.11 Å². The molecule has 0 aliphatic rings. The number of nitrogens with two attached hydrogens (primary N) is 1. The summed E-state index contributed by atoms with van der Waals surface area (Å²) in [6.07, 6.45) is 0. The Bertz CT molecular complexity index is 677. The highest BCUT2D eigenvalue weighted by atomic mass is 32.1. The van der Waals surface area contributed by atoms with Crippen LogP contribution in [0.15, 0.2) is 29.6 Å². The zero-order chi connectivity index (χ0) is 12.5. The van der Waals surface area contributed by atoms with Crippen LogP contribution in [-0.2, 0) is 0 Å². The molecule has 0 saturated carbocycles. The maximum atomic E-state index is 9.56. The fourth-order valence-electron chi connectivity index (χ4n) is 1.73. The van der Waals surface area contributed by atoms with Crippen molar-refractivity contribution in [3.8, 4) is 27.6 Å². The number of aromatic amines is 1. The number of aromatic hydroxyl groups is 1. The van der Waals surface area contributed by atoms with Gasteiger partial charge < -0.3 is 10.8 Å². The minimum absolute atomic E-state index is 0.171. The number of anilines is 1. The second-order valence-corrected chi connectivity index (χ2v) is 4.59. The minimum atomic E-state index is 0.171. The Morgan fingerprint density at radius 1 is 1.22 bits per heavy atom. The van der Waals surface area contributed by atoms with Crippen LogP contribution >= 0.6 is 11.3 Å². The Morgan fingerprint density at radius 3 is 2.89 bits per heavy atom. The highest BCUT2D eigenvalue weighted by Gasteiger charge is 2.15. The van der Waals surface area contributed by atoms with E-state index >= 15 is 0 Å². The Balaban J connectivity index is 2.19. The number of H-pyrrole nitrogens is 1. The number of phenols is 1. The van der Waals surface area contributed by atoms with Crippen molar-refractivity contribution in [1.29, 1.82) is 0 Å². The minimum Gasteiger partial charge on any atom is -0.508 e. The fraction of sp³-hybridized carbons (Fsp3) is 0. The Hall–Kier alpha value is -2.41. The molecule has 4 N–H and O–H groups in total. The van der Waals surface area contributed by atoms with Crippen LogP contribution in [0.4, 0.5) is 5.69 Å². The van der Waals surface area contributed by atoms with Crippen LogP contribution in [0.1, 0.15) is 0 Å². The van der Waals surface area contributed by atoms with Gasteiger partial charge >= 0.3 is 0 Å². The van der Waals surface area contributed by atoms with E-state index in [9.17, 15) is 5.11 Å². The number of tetrazole rings is 1. The molecule has 2 aromatic heterocycles. The Kier molecular flexibility index (Phi) is 2.45. The van der Waals surface area contributed by atoms with Gasteiger partial charge in [-0.2, -0.15) is 5.21 Å². The number of benzene rings is 1. The number of hydrogen-bond donors (Lipinski definition) is 3. The van der Waals surface area contributed by atoms with Gasteiger partial charge in [0.05, 0.1) is 4.88 Å². The van der Waals surface area contributed by atoms with Crippen LogP contribution in [0, 0.1) is 0 Å².